The molecule has 1 saturated carbocycles. The zero-order valence-electron chi connectivity index (χ0n) is 37.8. The minimum absolute atomic E-state index is 0.0241. The highest BCUT2D eigenvalue weighted by Gasteiger charge is 2.34. The zero-order chi connectivity index (χ0) is 45.9. The molecule has 3 N–H and O–H groups in total. The molecular weight excluding hydrogens is 870 g/mol. The second-order valence-corrected chi connectivity index (χ2v) is 18.6. The van der Waals surface area contributed by atoms with Crippen molar-refractivity contribution in [2.24, 2.45) is 0 Å². The lowest BCUT2D eigenvalue weighted by Crippen LogP contribution is -2.59. The number of aromatic nitrogens is 6. The third-order valence-corrected chi connectivity index (χ3v) is 14.1. The van der Waals surface area contributed by atoms with Gasteiger partial charge >= 0.3 is 0 Å². The number of halogens is 1. The maximum atomic E-state index is 12.9. The fraction of sp³-hybridized carbons (Fsp3) is 0.469. The second-order valence-electron chi connectivity index (χ2n) is 18.2. The van der Waals surface area contributed by atoms with E-state index in [0.29, 0.717) is 47.3 Å². The molecule has 18 heteroatoms. The summed E-state index contributed by atoms with van der Waals surface area (Å²) in [4.78, 5) is 41.7. The summed E-state index contributed by atoms with van der Waals surface area (Å²) in [6, 6.07) is 17.7. The van der Waals surface area contributed by atoms with Gasteiger partial charge in [-0.1, -0.05) is 11.6 Å². The third-order valence-electron chi connectivity index (χ3n) is 13.8. The van der Waals surface area contributed by atoms with Gasteiger partial charge in [0.1, 0.15) is 23.5 Å². The Kier molecular flexibility index (Phi) is 13.2. The maximum absolute atomic E-state index is 12.9. The summed E-state index contributed by atoms with van der Waals surface area (Å²) >= 11 is 6.15. The van der Waals surface area contributed by atoms with E-state index in [0.717, 1.165) is 138 Å². The number of rotatable bonds is 13. The van der Waals surface area contributed by atoms with Crippen LogP contribution in [0.5, 0.6) is 5.75 Å². The Balaban J connectivity index is 0.665. The number of fused-ring (bicyclic) bond motifs is 2. The van der Waals surface area contributed by atoms with Crippen molar-refractivity contribution < 1.29 is 19.1 Å². The Labute approximate surface area is 395 Å². The molecule has 2 amide bonds. The Hall–Kier alpha value is -6.35. The van der Waals surface area contributed by atoms with Gasteiger partial charge in [0.15, 0.2) is 11.5 Å². The highest BCUT2D eigenvalue weighted by atomic mass is 35.5. The molecule has 1 aromatic carbocycles. The van der Waals surface area contributed by atoms with Gasteiger partial charge in [0, 0.05) is 107 Å². The van der Waals surface area contributed by atoms with E-state index in [-0.39, 0.29) is 29.7 Å². The van der Waals surface area contributed by atoms with Crippen LogP contribution in [0, 0.1) is 11.3 Å². The number of aryl methyl sites for hydroxylation is 1. The van der Waals surface area contributed by atoms with Crippen LogP contribution in [0.15, 0.2) is 60.9 Å². The maximum Gasteiger partial charge on any atom is 0.272 e. The first-order valence-electron chi connectivity index (χ1n) is 23.7. The predicted molar refractivity (Wildman–Crippen MR) is 254 cm³/mol. The molecule has 3 fully saturated rings. The minimum atomic E-state index is -0.237. The van der Waals surface area contributed by atoms with Gasteiger partial charge in [-0.25, -0.2) is 4.98 Å². The lowest BCUT2D eigenvalue weighted by Gasteiger charge is -2.40. The molecule has 4 aromatic heterocycles. The van der Waals surface area contributed by atoms with Crippen molar-refractivity contribution in [2.75, 3.05) is 67.6 Å². The average molecular weight is 927 g/mol. The topological polar surface area (TPSA) is 192 Å². The minimum Gasteiger partial charge on any atom is -0.490 e. The molecule has 0 atom stereocenters. The monoisotopic (exact) mass is 925 g/mol. The van der Waals surface area contributed by atoms with Gasteiger partial charge in [-0.3, -0.25) is 19.3 Å². The van der Waals surface area contributed by atoms with Crippen LogP contribution in [0.1, 0.15) is 90.8 Å². The number of amides is 2. The number of hydrogen-bond donors (Lipinski definition) is 3. The van der Waals surface area contributed by atoms with Gasteiger partial charge in [0.25, 0.3) is 5.91 Å². The van der Waals surface area contributed by atoms with Crippen molar-refractivity contribution in [3.63, 3.8) is 0 Å². The molecular formula is C49H56ClN13O4. The summed E-state index contributed by atoms with van der Waals surface area (Å²) in [7, 11) is 0. The Bertz CT molecular complexity index is 2620. The summed E-state index contributed by atoms with van der Waals surface area (Å²) in [5, 5.41) is 33.2. The third kappa shape index (κ3) is 9.88. The number of nitrogens with zero attached hydrogens (tertiary/aromatic N) is 10. The number of carbonyl (C=O) groups excluding carboxylic acids is 2. The van der Waals surface area contributed by atoms with E-state index < -0.39 is 0 Å². The van der Waals surface area contributed by atoms with Crippen molar-refractivity contribution in [3.05, 3.63) is 94.0 Å². The number of nitriles is 1. The molecule has 8 heterocycles. The van der Waals surface area contributed by atoms with E-state index in [9.17, 15) is 9.59 Å². The predicted octanol–water partition coefficient (Wildman–Crippen LogP) is 6.01. The SMILES string of the molecule is CC(=O)N1CCc2c(c(N3CCCc4cc(-c5ccc(N6CC(NCCNc7ccc(C(=O)NC8CCC(Oc9ccc(C#N)c(Cl)c9)CC8)nn7)C6)nc5)ncc43)nn2C2CCOCC2)C1. The van der Waals surface area contributed by atoms with E-state index in [1.165, 1.54) is 11.3 Å². The largest absolute Gasteiger partial charge is 0.490 e. The molecule has 5 aromatic rings. The molecule has 0 spiro atoms. The molecule has 0 unspecified atom stereocenters. The molecule has 1 aliphatic carbocycles. The van der Waals surface area contributed by atoms with Gasteiger partial charge in [-0.2, -0.15) is 10.4 Å². The van der Waals surface area contributed by atoms with Gasteiger partial charge < -0.3 is 40.1 Å². The fourth-order valence-corrected chi connectivity index (χ4v) is 10.2. The van der Waals surface area contributed by atoms with E-state index in [2.05, 4.69) is 64.9 Å². The van der Waals surface area contributed by atoms with E-state index >= 15 is 0 Å². The molecule has 348 valence electrons. The standard InChI is InChI=1S/C49H56ClN13O4/c1-31(64)60-20-14-44-40(30-60)48(59-63(44)37-15-21-66-22-16-37)62-19-2-3-32-23-43(54-27-45(32)62)34-5-13-47(55-26-34)61-28-36(29-61)52-17-18-53-46-12-11-42(57-58-46)49(65)56-35-6-9-38(10-7-35)67-39-8-4-33(25-51)41(50)24-39/h4-5,8,11-13,23-24,26-27,35-38,52H,2-3,6-7,9-10,14-22,28-30H2,1H3,(H,53,58)(H,56,65). The lowest BCUT2D eigenvalue weighted by molar-refractivity contribution is -0.129. The highest BCUT2D eigenvalue weighted by molar-refractivity contribution is 6.31. The highest BCUT2D eigenvalue weighted by Crippen LogP contribution is 2.40. The number of carbonyl (C=O) groups is 2. The molecule has 0 radical (unpaired) electrons. The number of nitrogens with one attached hydrogen (secondary N) is 3. The summed E-state index contributed by atoms with van der Waals surface area (Å²) in [5.74, 6) is 3.03. The van der Waals surface area contributed by atoms with Crippen molar-refractivity contribution in [3.8, 4) is 23.1 Å². The molecule has 0 bridgehead atoms. The van der Waals surface area contributed by atoms with Crippen LogP contribution in [0.25, 0.3) is 11.3 Å². The van der Waals surface area contributed by atoms with Crippen LogP contribution >= 0.6 is 11.6 Å². The summed E-state index contributed by atoms with van der Waals surface area (Å²) in [5.41, 5.74) is 7.35. The van der Waals surface area contributed by atoms with E-state index in [1.807, 2.05) is 17.3 Å². The summed E-state index contributed by atoms with van der Waals surface area (Å²) in [6.45, 7) is 8.46. The number of pyridine rings is 2. The smallest absolute Gasteiger partial charge is 0.272 e. The van der Waals surface area contributed by atoms with Gasteiger partial charge in [-0.15, -0.1) is 10.2 Å². The molecule has 10 rings (SSSR count). The van der Waals surface area contributed by atoms with Crippen LogP contribution < -0.4 is 30.5 Å². The first kappa shape index (κ1) is 44.5. The Morgan fingerprint density at radius 3 is 2.52 bits per heavy atom. The van der Waals surface area contributed by atoms with Crippen LogP contribution in [-0.4, -0.2) is 117 Å². The average Bonchev–Trinajstić information content (AvgIpc) is 3.73. The van der Waals surface area contributed by atoms with Crippen LogP contribution in [0.3, 0.4) is 0 Å². The van der Waals surface area contributed by atoms with E-state index in [4.69, 9.17) is 41.4 Å². The fourth-order valence-electron chi connectivity index (χ4n) is 9.98. The van der Waals surface area contributed by atoms with Crippen LogP contribution in [-0.2, 0) is 28.9 Å². The number of benzene rings is 1. The normalized spacial score (nSPS) is 19.7. The van der Waals surface area contributed by atoms with Crippen LogP contribution in [0.2, 0.25) is 5.02 Å². The summed E-state index contributed by atoms with van der Waals surface area (Å²) in [6.07, 6.45) is 11.8. The van der Waals surface area contributed by atoms with Gasteiger partial charge in [0.2, 0.25) is 5.91 Å². The Morgan fingerprint density at radius 2 is 1.78 bits per heavy atom. The van der Waals surface area contributed by atoms with Gasteiger partial charge in [-0.05, 0) is 99.4 Å². The second kappa shape index (κ2) is 19.9. The summed E-state index contributed by atoms with van der Waals surface area (Å²) < 4.78 is 14.0. The number of anilines is 4. The van der Waals surface area contributed by atoms with Crippen molar-refractivity contribution in [1.29, 1.82) is 5.26 Å². The van der Waals surface area contributed by atoms with Crippen molar-refractivity contribution >= 4 is 46.6 Å². The first-order valence-corrected chi connectivity index (χ1v) is 24.0. The zero-order valence-corrected chi connectivity index (χ0v) is 38.5. The molecule has 67 heavy (non-hydrogen) atoms. The number of ether oxygens (including phenoxy) is 2. The molecule has 17 nitrogen and oxygen atoms in total. The Morgan fingerprint density at radius 1 is 0.925 bits per heavy atom. The van der Waals surface area contributed by atoms with Crippen LogP contribution in [0.4, 0.5) is 23.1 Å². The van der Waals surface area contributed by atoms with Crippen molar-refractivity contribution in [2.45, 2.75) is 95.5 Å². The van der Waals surface area contributed by atoms with Crippen molar-refractivity contribution in [1.82, 2.24) is 45.5 Å². The van der Waals surface area contributed by atoms with E-state index in [1.54, 1.807) is 37.3 Å². The number of hydrogen-bond acceptors (Lipinski definition) is 14. The molecule has 5 aliphatic rings. The van der Waals surface area contributed by atoms with Gasteiger partial charge in [0.05, 0.1) is 46.9 Å². The lowest BCUT2D eigenvalue weighted by atomic mass is 9.93. The molecule has 2 saturated heterocycles. The first-order chi connectivity index (χ1) is 32.8. The molecule has 4 aliphatic heterocycles. The quantitative estimate of drug-likeness (QED) is 0.116.